The zero-order valence-electron chi connectivity index (χ0n) is 34.1. The molecule has 8 rings (SSSR count). The second kappa shape index (κ2) is 16.9. The molecule has 22 atom stereocenters. The van der Waals surface area contributed by atoms with Crippen LogP contribution in [0, 0.1) is 22.7 Å². The van der Waals surface area contributed by atoms with Crippen molar-refractivity contribution in [2.45, 2.75) is 182 Å². The number of hydrogen-bond donors (Lipinski definition) is 10. The van der Waals surface area contributed by atoms with Crippen LogP contribution < -0.4 is 5.63 Å². The predicted molar refractivity (Wildman–Crippen MR) is 203 cm³/mol. The van der Waals surface area contributed by atoms with Crippen LogP contribution in [-0.4, -0.2) is 168 Å². The van der Waals surface area contributed by atoms with Gasteiger partial charge in [0.05, 0.1) is 37.3 Å². The number of rotatable bonds is 9. The third-order valence-corrected chi connectivity index (χ3v) is 15.7. The maximum absolute atomic E-state index is 12.6. The van der Waals surface area contributed by atoms with Gasteiger partial charge in [0.1, 0.15) is 67.1 Å². The van der Waals surface area contributed by atoms with Crippen molar-refractivity contribution in [3.05, 3.63) is 46.0 Å². The third kappa shape index (κ3) is 7.35. The summed E-state index contributed by atoms with van der Waals surface area (Å²) in [7, 11) is 0. The highest BCUT2D eigenvalue weighted by molar-refractivity contribution is 5.31. The molecule has 60 heavy (non-hydrogen) atoms. The first-order valence-corrected chi connectivity index (χ1v) is 21.4. The van der Waals surface area contributed by atoms with E-state index in [0.717, 1.165) is 44.1 Å². The van der Waals surface area contributed by atoms with Crippen molar-refractivity contribution in [2.24, 2.45) is 22.7 Å². The topological polar surface area (TPSA) is 288 Å². The van der Waals surface area contributed by atoms with Gasteiger partial charge in [-0.1, -0.05) is 25.5 Å². The Kier molecular flexibility index (Phi) is 12.6. The molecule has 18 heteroatoms. The molecular formula is C42H62O18. The molecule has 6 fully saturated rings. The summed E-state index contributed by atoms with van der Waals surface area (Å²) in [6.07, 6.45) is -14.8. The molecule has 338 valence electrons. The molecule has 18 nitrogen and oxygen atoms in total. The Hall–Kier alpha value is -1.95. The molecule has 10 N–H and O–H groups in total. The van der Waals surface area contributed by atoms with E-state index in [1.807, 2.05) is 6.07 Å². The molecule has 0 bridgehead atoms. The first-order valence-electron chi connectivity index (χ1n) is 21.4. The zero-order chi connectivity index (χ0) is 43.1. The Morgan fingerprint density at radius 1 is 0.683 bits per heavy atom. The van der Waals surface area contributed by atoms with Crippen LogP contribution in [-0.2, 0) is 28.4 Å². The van der Waals surface area contributed by atoms with E-state index in [-0.39, 0.29) is 28.6 Å². The lowest BCUT2D eigenvalue weighted by molar-refractivity contribution is -0.388. The summed E-state index contributed by atoms with van der Waals surface area (Å²) in [5, 5.41) is 109. The lowest BCUT2D eigenvalue weighted by atomic mass is 9.45. The predicted octanol–water partition coefficient (Wildman–Crippen LogP) is -1.34. The molecule has 0 spiro atoms. The third-order valence-electron chi connectivity index (χ3n) is 15.7. The average Bonchev–Trinajstić information content (AvgIpc) is 3.51. The van der Waals surface area contributed by atoms with Gasteiger partial charge in [-0.3, -0.25) is 0 Å². The Labute approximate surface area is 347 Å². The number of ether oxygens (including phenoxy) is 6. The van der Waals surface area contributed by atoms with Gasteiger partial charge < -0.3 is 83.9 Å². The first-order chi connectivity index (χ1) is 28.4. The van der Waals surface area contributed by atoms with Crippen molar-refractivity contribution in [2.75, 3.05) is 13.2 Å². The molecule has 3 saturated heterocycles. The van der Waals surface area contributed by atoms with E-state index < -0.39 is 123 Å². The van der Waals surface area contributed by atoms with Gasteiger partial charge in [-0.15, -0.1) is 0 Å². The van der Waals surface area contributed by atoms with Crippen LogP contribution in [0.3, 0.4) is 0 Å². The summed E-state index contributed by atoms with van der Waals surface area (Å²) >= 11 is 0. The molecule has 1 aromatic heterocycles. The van der Waals surface area contributed by atoms with Gasteiger partial charge in [-0.25, -0.2) is 4.79 Å². The normalized spacial score (nSPS) is 51.9. The van der Waals surface area contributed by atoms with E-state index in [0.29, 0.717) is 12.8 Å². The van der Waals surface area contributed by atoms with Gasteiger partial charge in [0, 0.05) is 11.5 Å². The van der Waals surface area contributed by atoms with Crippen LogP contribution >= 0.6 is 0 Å². The largest absolute Gasteiger partial charge is 0.431 e. The van der Waals surface area contributed by atoms with E-state index in [9.17, 15) is 55.9 Å². The minimum absolute atomic E-state index is 0.0673. The summed E-state index contributed by atoms with van der Waals surface area (Å²) in [5.41, 5.74) is 0.246. The summed E-state index contributed by atoms with van der Waals surface area (Å²) in [6.45, 7) is 4.39. The summed E-state index contributed by atoms with van der Waals surface area (Å²) < 4.78 is 40.7. The second-order valence-corrected chi connectivity index (χ2v) is 18.7. The van der Waals surface area contributed by atoms with Gasteiger partial charge in [0.15, 0.2) is 18.9 Å². The van der Waals surface area contributed by atoms with Crippen molar-refractivity contribution in [1.29, 1.82) is 0 Å². The average molecular weight is 855 g/mol. The van der Waals surface area contributed by atoms with Crippen LogP contribution in [0.2, 0.25) is 0 Å². The fourth-order valence-corrected chi connectivity index (χ4v) is 12.1. The van der Waals surface area contributed by atoms with Gasteiger partial charge in [-0.05, 0) is 93.1 Å². The van der Waals surface area contributed by atoms with Crippen LogP contribution in [0.1, 0.15) is 83.6 Å². The summed E-state index contributed by atoms with van der Waals surface area (Å²) in [4.78, 5) is 11.7. The SMILES string of the molecule is C[C@H]1O[C@@H](O[C@@H]2[C@@H](O[C@H]3[C@H](O)[C@@H](O[C@@H]4C=C5CC[C@@H]6[C@H](CC[C@]7(C)[C@@H](c8ccc(=O)oc8)CC[C@]67O)[C@@]5(C)CC4)O[C@@H](CO)[C@@H]3O)O[C@H](CO)[C@H](O)[C@@H]2O)[C@H](O)[C@@H](O)[C@@H]1O. The molecule has 0 amide bonds. The lowest BCUT2D eigenvalue weighted by Crippen LogP contribution is -2.67. The van der Waals surface area contributed by atoms with Gasteiger partial charge in [0.25, 0.3) is 0 Å². The molecule has 7 aliphatic rings. The molecule has 1 aromatic rings. The Morgan fingerprint density at radius 2 is 1.37 bits per heavy atom. The maximum atomic E-state index is 12.6. The molecule has 0 radical (unpaired) electrons. The summed E-state index contributed by atoms with van der Waals surface area (Å²) in [6, 6.07) is 3.27. The number of allylic oxidation sites excluding steroid dienone is 1. The highest BCUT2D eigenvalue weighted by Gasteiger charge is 2.67. The molecular weight excluding hydrogens is 792 g/mol. The number of hydrogen-bond acceptors (Lipinski definition) is 18. The van der Waals surface area contributed by atoms with Crippen LogP contribution in [0.5, 0.6) is 0 Å². The molecule has 3 saturated carbocycles. The molecule has 4 heterocycles. The van der Waals surface area contributed by atoms with Gasteiger partial charge in [0.2, 0.25) is 0 Å². The Balaban J connectivity index is 0.977. The quantitative estimate of drug-likeness (QED) is 0.129. The van der Waals surface area contributed by atoms with E-state index in [2.05, 4.69) is 19.9 Å². The number of fused-ring (bicyclic) bond motifs is 5. The Bertz CT molecular complexity index is 1740. The van der Waals surface area contributed by atoms with E-state index in [1.165, 1.54) is 18.6 Å². The van der Waals surface area contributed by atoms with Crippen molar-refractivity contribution < 1.29 is 83.9 Å². The monoisotopic (exact) mass is 854 g/mol. The van der Waals surface area contributed by atoms with Gasteiger partial charge >= 0.3 is 5.63 Å². The minimum atomic E-state index is -1.84. The van der Waals surface area contributed by atoms with Crippen LogP contribution in [0.4, 0.5) is 0 Å². The lowest BCUT2D eigenvalue weighted by Gasteiger charge is -2.62. The summed E-state index contributed by atoms with van der Waals surface area (Å²) in [5.74, 6) is 0.351. The van der Waals surface area contributed by atoms with E-state index in [4.69, 9.17) is 32.8 Å². The standard InChI is InChI=1S/C42H62O18/c1-18-28(46)31(49)33(51)37(55-18)60-36-32(50)29(47)25(15-43)58-39(36)59-35-30(48)26(16-44)57-38(34(35)52)56-21-8-11-40(2)20(14-21)5-6-24-23(40)9-12-41(3)22(10-13-42(24,41)53)19-4-7-27(45)54-17-19/h4,7,14,17-18,21-26,28-39,43-44,46-53H,5-6,8-13,15-16H2,1-3H3/t18-,21+,22-,23+,24-,25-,26+,28-,29+,30+,31+,32+,33-,34+,35-,36+,37+,38+,39-,40+,41-,42+/m1/s1. The van der Waals surface area contributed by atoms with Gasteiger partial charge in [-0.2, -0.15) is 0 Å². The zero-order valence-corrected chi connectivity index (χ0v) is 34.1. The van der Waals surface area contributed by atoms with Crippen LogP contribution in [0.25, 0.3) is 0 Å². The molecule has 0 unspecified atom stereocenters. The van der Waals surface area contributed by atoms with Crippen molar-refractivity contribution in [1.82, 2.24) is 0 Å². The highest BCUT2D eigenvalue weighted by atomic mass is 16.8. The highest BCUT2D eigenvalue weighted by Crippen LogP contribution is 2.70. The smallest absolute Gasteiger partial charge is 0.335 e. The fraction of sp³-hybridized carbons (Fsp3) is 0.833. The Morgan fingerprint density at radius 3 is 2.07 bits per heavy atom. The number of aliphatic hydroxyl groups excluding tert-OH is 9. The van der Waals surface area contributed by atoms with Crippen molar-refractivity contribution in [3.63, 3.8) is 0 Å². The minimum Gasteiger partial charge on any atom is -0.431 e. The maximum Gasteiger partial charge on any atom is 0.335 e. The first kappa shape index (κ1) is 44.6. The molecule has 3 aliphatic heterocycles. The molecule has 4 aliphatic carbocycles. The fourth-order valence-electron chi connectivity index (χ4n) is 12.1. The van der Waals surface area contributed by atoms with E-state index in [1.54, 1.807) is 6.26 Å². The van der Waals surface area contributed by atoms with E-state index >= 15 is 0 Å². The molecule has 0 aromatic carbocycles. The van der Waals surface area contributed by atoms with Crippen molar-refractivity contribution in [3.8, 4) is 0 Å². The van der Waals surface area contributed by atoms with Crippen LogP contribution in [0.15, 0.2) is 39.3 Å². The second-order valence-electron chi connectivity index (χ2n) is 18.7. The van der Waals surface area contributed by atoms with Crippen molar-refractivity contribution >= 4 is 0 Å². The number of aliphatic hydroxyl groups is 10.